The van der Waals surface area contributed by atoms with Gasteiger partial charge in [0, 0.05) is 63.0 Å². The van der Waals surface area contributed by atoms with Crippen LogP contribution in [0.15, 0.2) is 42.7 Å². The summed E-state index contributed by atoms with van der Waals surface area (Å²) in [5.74, 6) is 0.340. The minimum Gasteiger partial charge on any atom is -0.389 e. The first kappa shape index (κ1) is 18.3. The number of aromatic nitrogens is 2. The van der Waals surface area contributed by atoms with E-state index in [2.05, 4.69) is 34.3 Å². The fraction of sp³-hybridized carbons (Fsp3) is 0.591. The number of benzene rings is 1. The molecule has 3 saturated heterocycles. The number of rotatable bonds is 4. The van der Waals surface area contributed by atoms with Crippen molar-refractivity contribution in [2.45, 2.75) is 37.6 Å². The number of likely N-dealkylation sites (tertiary alicyclic amines) is 1. The van der Waals surface area contributed by atoms with Crippen LogP contribution in [-0.2, 0) is 22.6 Å². The largest absolute Gasteiger partial charge is 0.389 e. The van der Waals surface area contributed by atoms with E-state index in [9.17, 15) is 5.11 Å². The quantitative estimate of drug-likeness (QED) is 0.874. The molecule has 0 amide bonds. The molecule has 28 heavy (non-hydrogen) atoms. The van der Waals surface area contributed by atoms with Gasteiger partial charge in [0.05, 0.1) is 25.4 Å². The molecule has 1 N–H and O–H groups in total. The first-order valence-electron chi connectivity index (χ1n) is 10.4. The molecule has 150 valence electrons. The standard InChI is InChI=1S/C22H29N3O3/c26-22-6-10-28-15-19(22)14-24(21-5-9-27-16-20(21)22)12-17-3-1-4-18(11-17)13-25-8-2-7-23-25/h1-4,7-8,11,19-21,26H,5-6,9-10,12-16H2/t19-,20+,21-,22-/m0/s1. The van der Waals surface area contributed by atoms with Gasteiger partial charge < -0.3 is 14.6 Å². The van der Waals surface area contributed by atoms with E-state index in [1.165, 1.54) is 11.1 Å². The van der Waals surface area contributed by atoms with Gasteiger partial charge in [-0.15, -0.1) is 0 Å². The fourth-order valence-corrected chi connectivity index (χ4v) is 5.39. The summed E-state index contributed by atoms with van der Waals surface area (Å²) in [6, 6.07) is 11.1. The van der Waals surface area contributed by atoms with E-state index >= 15 is 0 Å². The Morgan fingerprint density at radius 3 is 2.82 bits per heavy atom. The molecule has 4 atom stereocenters. The van der Waals surface area contributed by atoms with E-state index in [-0.39, 0.29) is 11.8 Å². The lowest BCUT2D eigenvalue weighted by atomic mass is 9.66. The lowest BCUT2D eigenvalue weighted by molar-refractivity contribution is -0.221. The predicted octanol–water partition coefficient (Wildman–Crippen LogP) is 1.92. The highest BCUT2D eigenvalue weighted by Crippen LogP contribution is 2.44. The molecule has 3 fully saturated rings. The fourth-order valence-electron chi connectivity index (χ4n) is 5.39. The first-order chi connectivity index (χ1) is 13.7. The van der Waals surface area contributed by atoms with Crippen molar-refractivity contribution in [3.8, 4) is 0 Å². The lowest BCUT2D eigenvalue weighted by Crippen LogP contribution is -2.67. The third-order valence-electron chi connectivity index (χ3n) is 6.84. The van der Waals surface area contributed by atoms with Gasteiger partial charge in [0.15, 0.2) is 0 Å². The van der Waals surface area contributed by atoms with Gasteiger partial charge in [-0.2, -0.15) is 5.10 Å². The second-order valence-corrected chi connectivity index (χ2v) is 8.50. The zero-order valence-electron chi connectivity index (χ0n) is 16.2. The van der Waals surface area contributed by atoms with Crippen molar-refractivity contribution < 1.29 is 14.6 Å². The van der Waals surface area contributed by atoms with Gasteiger partial charge >= 0.3 is 0 Å². The summed E-state index contributed by atoms with van der Waals surface area (Å²) in [6.07, 6.45) is 5.53. The Morgan fingerprint density at radius 2 is 1.96 bits per heavy atom. The average molecular weight is 383 g/mol. The van der Waals surface area contributed by atoms with Crippen LogP contribution in [-0.4, -0.2) is 64.4 Å². The van der Waals surface area contributed by atoms with Crippen molar-refractivity contribution in [1.82, 2.24) is 14.7 Å². The topological polar surface area (TPSA) is 59.8 Å². The Kier molecular flexibility index (Phi) is 4.97. The van der Waals surface area contributed by atoms with Crippen molar-refractivity contribution in [3.05, 3.63) is 53.9 Å². The highest BCUT2D eigenvalue weighted by atomic mass is 16.5. The predicted molar refractivity (Wildman–Crippen MR) is 105 cm³/mol. The van der Waals surface area contributed by atoms with Gasteiger partial charge in [-0.3, -0.25) is 9.58 Å². The molecule has 2 aromatic rings. The van der Waals surface area contributed by atoms with Gasteiger partial charge in [0.2, 0.25) is 0 Å². The summed E-state index contributed by atoms with van der Waals surface area (Å²) in [4.78, 5) is 2.56. The Balaban J connectivity index is 1.35. The van der Waals surface area contributed by atoms with Crippen molar-refractivity contribution in [2.24, 2.45) is 11.8 Å². The maximum atomic E-state index is 11.5. The molecule has 6 nitrogen and oxygen atoms in total. The molecule has 0 aliphatic carbocycles. The van der Waals surface area contributed by atoms with Crippen LogP contribution < -0.4 is 0 Å². The van der Waals surface area contributed by atoms with Crippen molar-refractivity contribution >= 4 is 0 Å². The first-order valence-corrected chi connectivity index (χ1v) is 10.4. The Labute approximate surface area is 166 Å². The summed E-state index contributed by atoms with van der Waals surface area (Å²) in [7, 11) is 0. The highest BCUT2D eigenvalue weighted by Gasteiger charge is 2.55. The molecule has 3 aliphatic rings. The van der Waals surface area contributed by atoms with E-state index in [4.69, 9.17) is 9.47 Å². The van der Waals surface area contributed by atoms with Gasteiger partial charge in [-0.25, -0.2) is 0 Å². The number of ether oxygens (including phenoxy) is 2. The molecular weight excluding hydrogens is 354 g/mol. The Hall–Kier alpha value is -1.73. The van der Waals surface area contributed by atoms with Gasteiger partial charge in [-0.1, -0.05) is 24.3 Å². The number of fused-ring (bicyclic) bond motifs is 3. The molecule has 3 aliphatic heterocycles. The number of hydrogen-bond donors (Lipinski definition) is 1. The molecule has 0 spiro atoms. The van der Waals surface area contributed by atoms with E-state index in [0.29, 0.717) is 25.9 Å². The van der Waals surface area contributed by atoms with Gasteiger partial charge in [0.25, 0.3) is 0 Å². The smallest absolute Gasteiger partial charge is 0.0796 e. The second-order valence-electron chi connectivity index (χ2n) is 8.50. The van der Waals surface area contributed by atoms with E-state index in [1.54, 1.807) is 0 Å². The number of aliphatic hydroxyl groups is 1. The van der Waals surface area contributed by atoms with Crippen molar-refractivity contribution in [2.75, 3.05) is 33.0 Å². The van der Waals surface area contributed by atoms with Crippen molar-refractivity contribution in [3.63, 3.8) is 0 Å². The number of piperidine rings is 1. The van der Waals surface area contributed by atoms with Crippen LogP contribution in [0.25, 0.3) is 0 Å². The monoisotopic (exact) mass is 383 g/mol. The normalized spacial score (nSPS) is 33.2. The molecule has 0 unspecified atom stereocenters. The zero-order chi connectivity index (χ0) is 19.0. The van der Waals surface area contributed by atoms with E-state index < -0.39 is 5.60 Å². The van der Waals surface area contributed by atoms with E-state index in [1.807, 2.05) is 23.1 Å². The Bertz CT molecular complexity index is 796. The summed E-state index contributed by atoms with van der Waals surface area (Å²) in [5.41, 5.74) is 1.94. The maximum absolute atomic E-state index is 11.5. The highest BCUT2D eigenvalue weighted by molar-refractivity contribution is 5.24. The van der Waals surface area contributed by atoms with Gasteiger partial charge in [-0.05, 0) is 23.6 Å². The molecule has 1 aromatic heterocycles. The van der Waals surface area contributed by atoms with Crippen LogP contribution in [0.5, 0.6) is 0 Å². The summed E-state index contributed by atoms with van der Waals surface area (Å²) in [5, 5.41) is 15.8. The summed E-state index contributed by atoms with van der Waals surface area (Å²) < 4.78 is 13.5. The number of nitrogens with zero attached hydrogens (tertiary/aromatic N) is 3. The average Bonchev–Trinajstić information content (AvgIpc) is 3.22. The molecule has 1 aromatic carbocycles. The van der Waals surface area contributed by atoms with Crippen molar-refractivity contribution in [1.29, 1.82) is 0 Å². The summed E-state index contributed by atoms with van der Waals surface area (Å²) in [6.45, 7) is 5.34. The van der Waals surface area contributed by atoms with Crippen LogP contribution in [0.1, 0.15) is 24.0 Å². The van der Waals surface area contributed by atoms with Gasteiger partial charge in [0.1, 0.15) is 0 Å². The van der Waals surface area contributed by atoms with Crippen LogP contribution in [0, 0.1) is 11.8 Å². The molecule has 0 saturated carbocycles. The van der Waals surface area contributed by atoms with Crippen LogP contribution >= 0.6 is 0 Å². The third kappa shape index (κ3) is 3.39. The minimum absolute atomic E-state index is 0.163. The van der Waals surface area contributed by atoms with Crippen LogP contribution in [0.4, 0.5) is 0 Å². The zero-order valence-corrected chi connectivity index (χ0v) is 16.2. The lowest BCUT2D eigenvalue weighted by Gasteiger charge is -2.57. The molecule has 0 bridgehead atoms. The molecular formula is C22H29N3O3. The van der Waals surface area contributed by atoms with E-state index in [0.717, 1.165) is 39.1 Å². The molecule has 4 heterocycles. The second kappa shape index (κ2) is 7.59. The molecule has 0 radical (unpaired) electrons. The Morgan fingerprint density at radius 1 is 1.11 bits per heavy atom. The van der Waals surface area contributed by atoms with Crippen LogP contribution in [0.2, 0.25) is 0 Å². The molecule has 5 rings (SSSR count). The summed E-state index contributed by atoms with van der Waals surface area (Å²) >= 11 is 0. The third-order valence-corrected chi connectivity index (χ3v) is 6.84. The molecule has 6 heteroatoms. The SMILES string of the molecule is O[C@@]12CCOC[C@@H]1CN(Cc1cccc(Cn3cccn3)c1)[C@H]1CCOC[C@H]12. The van der Waals surface area contributed by atoms with Crippen LogP contribution in [0.3, 0.4) is 0 Å². The number of hydrogen-bond acceptors (Lipinski definition) is 5. The maximum Gasteiger partial charge on any atom is 0.0796 e. The minimum atomic E-state index is -0.637.